The first-order chi connectivity index (χ1) is 12.5. The molecule has 2 heterocycles. The monoisotopic (exact) mass is 401 g/mol. The number of ether oxygens (including phenoxy) is 1. The summed E-state index contributed by atoms with van der Waals surface area (Å²) >= 11 is 1.39. The van der Waals surface area contributed by atoms with Crippen LogP contribution in [0.5, 0.6) is 0 Å². The first kappa shape index (κ1) is 21.6. The van der Waals surface area contributed by atoms with Crippen LogP contribution >= 0.6 is 11.8 Å². The Balaban J connectivity index is 2.13. The van der Waals surface area contributed by atoms with Crippen LogP contribution in [0.3, 0.4) is 0 Å². The number of aliphatic hydroxyl groups is 1. The summed E-state index contributed by atoms with van der Waals surface area (Å²) in [7, 11) is 3.37. The highest BCUT2D eigenvalue weighted by Gasteiger charge is 2.49. The van der Waals surface area contributed by atoms with Gasteiger partial charge in [0.05, 0.1) is 17.4 Å². The molecule has 2 saturated heterocycles. The lowest BCUT2D eigenvalue weighted by Crippen LogP contribution is -2.53. The van der Waals surface area contributed by atoms with Gasteiger partial charge in [0.15, 0.2) is 0 Å². The van der Waals surface area contributed by atoms with Crippen LogP contribution in [0.2, 0.25) is 0 Å². The highest BCUT2D eigenvalue weighted by molar-refractivity contribution is 8.01. The summed E-state index contributed by atoms with van der Waals surface area (Å²) in [6, 6.07) is -0.308. The summed E-state index contributed by atoms with van der Waals surface area (Å²) in [6.45, 7) is 3.64. The van der Waals surface area contributed by atoms with Gasteiger partial charge in [-0.15, -0.1) is 11.8 Å². The van der Waals surface area contributed by atoms with Crippen molar-refractivity contribution in [3.8, 4) is 0 Å². The molecule has 2 aliphatic rings. The second kappa shape index (κ2) is 8.57. The number of likely N-dealkylation sites (N-methyl/N-ethyl adjacent to an activating group) is 1. The number of carbonyl (C=O) groups excluding carboxylic acids is 2. The Bertz CT molecular complexity index is 626. The number of amides is 1. The molecule has 2 rings (SSSR count). The first-order valence-electron chi connectivity index (χ1n) is 8.84. The van der Waals surface area contributed by atoms with Gasteiger partial charge in [-0.3, -0.25) is 15.0 Å². The Labute approximate surface area is 162 Å². The Morgan fingerprint density at radius 1 is 1.41 bits per heavy atom. The van der Waals surface area contributed by atoms with Crippen LogP contribution in [0.1, 0.15) is 20.3 Å². The molecule has 1 amide bonds. The minimum absolute atomic E-state index is 0.00748. The summed E-state index contributed by atoms with van der Waals surface area (Å²) in [5.41, 5.74) is -0.208. The number of nitrogens with one attached hydrogen (secondary N) is 2. The van der Waals surface area contributed by atoms with Crippen molar-refractivity contribution in [2.24, 2.45) is 11.8 Å². The van der Waals surface area contributed by atoms with Crippen molar-refractivity contribution in [1.29, 1.82) is 5.41 Å². The summed E-state index contributed by atoms with van der Waals surface area (Å²) < 4.78 is 5.19. The fourth-order valence-corrected chi connectivity index (χ4v) is 5.12. The third-order valence-electron chi connectivity index (χ3n) is 5.07. The molecule has 7 unspecified atom stereocenters. The molecule has 2 fully saturated rings. The first-order valence-corrected chi connectivity index (χ1v) is 9.79. The summed E-state index contributed by atoms with van der Waals surface area (Å²) in [5, 5.41) is 30.0. The number of aliphatic carboxylic acids is 1. The van der Waals surface area contributed by atoms with E-state index in [0.29, 0.717) is 13.0 Å². The maximum absolute atomic E-state index is 12.1. The van der Waals surface area contributed by atoms with E-state index >= 15 is 0 Å². The molecule has 27 heavy (non-hydrogen) atoms. The second-order valence-corrected chi connectivity index (χ2v) is 8.80. The van der Waals surface area contributed by atoms with Gasteiger partial charge in [0, 0.05) is 31.8 Å². The average molecular weight is 401 g/mol. The molecular weight excluding hydrogens is 374 g/mol. The topological polar surface area (TPSA) is 140 Å². The van der Waals surface area contributed by atoms with Gasteiger partial charge in [0.1, 0.15) is 17.7 Å². The number of aliphatic hydroxyl groups excluding tert-OH is 1. The maximum atomic E-state index is 12.1. The van der Waals surface area contributed by atoms with E-state index in [1.165, 1.54) is 23.6 Å². The molecule has 0 bridgehead atoms. The minimum Gasteiger partial charge on any atom is -0.481 e. The molecule has 0 aromatic carbocycles. The van der Waals surface area contributed by atoms with Gasteiger partial charge in [-0.05, 0) is 13.3 Å². The van der Waals surface area contributed by atoms with Crippen LogP contribution in [-0.2, 0) is 19.1 Å². The highest BCUT2D eigenvalue weighted by atomic mass is 32.2. The molecule has 7 atom stereocenters. The van der Waals surface area contributed by atoms with Gasteiger partial charge in [-0.1, -0.05) is 6.92 Å². The minimum atomic E-state index is -1.26. The Morgan fingerprint density at radius 2 is 2.04 bits per heavy atom. The van der Waals surface area contributed by atoms with Crippen molar-refractivity contribution < 1.29 is 29.3 Å². The number of carboxylic acid groups (broad SMARTS) is 1. The van der Waals surface area contributed by atoms with Crippen molar-refractivity contribution in [3.63, 3.8) is 0 Å². The van der Waals surface area contributed by atoms with Crippen molar-refractivity contribution in [2.75, 3.05) is 20.6 Å². The molecule has 0 radical (unpaired) electrons. The average Bonchev–Trinajstić information content (AvgIpc) is 3.03. The summed E-state index contributed by atoms with van der Waals surface area (Å²) in [4.78, 5) is 37.3. The number of rotatable bonds is 6. The van der Waals surface area contributed by atoms with E-state index < -0.39 is 41.2 Å². The lowest BCUT2D eigenvalue weighted by Gasteiger charge is -2.39. The fourth-order valence-electron chi connectivity index (χ4n) is 3.57. The van der Waals surface area contributed by atoms with E-state index in [-0.39, 0.29) is 22.9 Å². The van der Waals surface area contributed by atoms with E-state index in [9.17, 15) is 24.6 Å². The fraction of sp³-hybridized carbons (Fsp3) is 0.765. The number of esters is 1. The van der Waals surface area contributed by atoms with E-state index in [1.807, 2.05) is 0 Å². The van der Waals surface area contributed by atoms with Crippen molar-refractivity contribution >= 4 is 35.3 Å². The molecule has 0 aliphatic carbocycles. The molecule has 9 nitrogen and oxygen atoms in total. The lowest BCUT2D eigenvalue weighted by molar-refractivity contribution is -0.164. The van der Waals surface area contributed by atoms with Crippen molar-refractivity contribution in [1.82, 2.24) is 10.2 Å². The third kappa shape index (κ3) is 4.61. The predicted octanol–water partition coefficient (Wildman–Crippen LogP) is -0.430. The molecule has 10 heteroatoms. The number of hydrogen-bond donors (Lipinski definition) is 4. The van der Waals surface area contributed by atoms with E-state index in [4.69, 9.17) is 10.1 Å². The molecule has 0 aromatic rings. The highest BCUT2D eigenvalue weighted by Crippen LogP contribution is 2.38. The zero-order chi connectivity index (χ0) is 20.5. The van der Waals surface area contributed by atoms with Crippen molar-refractivity contribution in [2.45, 2.75) is 49.0 Å². The normalized spacial score (nSPS) is 33.3. The number of thioether (sulfide) groups is 1. The summed E-state index contributed by atoms with van der Waals surface area (Å²) in [6.07, 6.45) is -1.65. The van der Waals surface area contributed by atoms with Crippen LogP contribution in [0.25, 0.3) is 0 Å². The van der Waals surface area contributed by atoms with E-state index in [1.54, 1.807) is 21.0 Å². The van der Waals surface area contributed by atoms with Gasteiger partial charge in [0.2, 0.25) is 5.91 Å². The molecule has 152 valence electrons. The Kier molecular flexibility index (Phi) is 6.87. The SMILES string of the molecule is CC(O)C(C(=O)O)C1OC(=O)C(=N)C(SC2CNC(C(=O)N(C)C)C2)C1C. The molecule has 2 aliphatic heterocycles. The zero-order valence-electron chi connectivity index (χ0n) is 15.8. The largest absolute Gasteiger partial charge is 0.481 e. The number of cyclic esters (lactones) is 1. The third-order valence-corrected chi connectivity index (χ3v) is 6.77. The molecule has 0 saturated carbocycles. The number of hydrogen-bond acceptors (Lipinski definition) is 8. The standard InChI is InChI=1S/C17H27N3O6S/c1-7-13(11(8(2)21)16(23)24)26-17(25)12(18)14(7)27-9-5-10(19-6-9)15(22)20(3)4/h7-11,13-14,18-19,21H,5-6H2,1-4H3,(H,23,24). The van der Waals surface area contributed by atoms with Gasteiger partial charge in [-0.2, -0.15) is 0 Å². The summed E-state index contributed by atoms with van der Waals surface area (Å²) in [5.74, 6) is -3.84. The maximum Gasteiger partial charge on any atom is 0.353 e. The number of nitrogens with zero attached hydrogens (tertiary/aromatic N) is 1. The zero-order valence-corrected chi connectivity index (χ0v) is 16.7. The van der Waals surface area contributed by atoms with Crippen molar-refractivity contribution in [3.05, 3.63) is 0 Å². The molecular formula is C17H27N3O6S. The second-order valence-electron chi connectivity index (χ2n) is 7.36. The predicted molar refractivity (Wildman–Crippen MR) is 99.8 cm³/mol. The van der Waals surface area contributed by atoms with Crippen LogP contribution in [0.4, 0.5) is 0 Å². The Morgan fingerprint density at radius 3 is 2.56 bits per heavy atom. The van der Waals surface area contributed by atoms with Crippen LogP contribution < -0.4 is 5.32 Å². The molecule has 0 aromatic heterocycles. The smallest absolute Gasteiger partial charge is 0.353 e. The Hall–Kier alpha value is -1.65. The van der Waals surface area contributed by atoms with Gasteiger partial charge < -0.3 is 25.2 Å². The van der Waals surface area contributed by atoms with Gasteiger partial charge in [0.25, 0.3) is 0 Å². The molecule has 0 spiro atoms. The van der Waals surface area contributed by atoms with Crippen LogP contribution in [0, 0.1) is 17.2 Å². The lowest BCUT2D eigenvalue weighted by atomic mass is 9.83. The quantitative estimate of drug-likeness (QED) is 0.440. The van der Waals surface area contributed by atoms with E-state index in [0.717, 1.165) is 0 Å². The van der Waals surface area contributed by atoms with Gasteiger partial charge in [-0.25, -0.2) is 4.79 Å². The van der Waals surface area contributed by atoms with Crippen LogP contribution in [0.15, 0.2) is 0 Å². The van der Waals surface area contributed by atoms with Crippen LogP contribution in [-0.4, -0.2) is 88.1 Å². The molecule has 4 N–H and O–H groups in total. The number of carbonyl (C=O) groups is 3. The van der Waals surface area contributed by atoms with Gasteiger partial charge >= 0.3 is 11.9 Å². The van der Waals surface area contributed by atoms with E-state index in [2.05, 4.69) is 5.32 Å². The number of carboxylic acids is 1.